The van der Waals surface area contributed by atoms with Gasteiger partial charge < -0.3 is 5.73 Å². The van der Waals surface area contributed by atoms with Crippen LogP contribution in [0.2, 0.25) is 0 Å². The van der Waals surface area contributed by atoms with Gasteiger partial charge in [0.1, 0.15) is 0 Å². The largest absolute Gasteiger partial charge is 0.291 e. The van der Waals surface area contributed by atoms with Crippen LogP contribution in [0.25, 0.3) is 11.2 Å². The van der Waals surface area contributed by atoms with Crippen LogP contribution in [0.4, 0.5) is 11.6 Å². The fourth-order valence-electron chi connectivity index (χ4n) is 2.75. The summed E-state index contributed by atoms with van der Waals surface area (Å²) in [4.78, 5) is 61.2. The number of aromatic amines is 1. The van der Waals surface area contributed by atoms with E-state index >= 15 is 0 Å². The molecule has 0 fully saturated rings. The molecule has 2 aromatic heterocycles. The van der Waals surface area contributed by atoms with E-state index in [4.69, 9.17) is 5.73 Å². The van der Waals surface area contributed by atoms with Crippen molar-refractivity contribution in [3.05, 3.63) is 52.1 Å². The zero-order valence-electron chi connectivity index (χ0n) is 16.8. The van der Waals surface area contributed by atoms with Gasteiger partial charge in [0, 0.05) is 17.1 Å². The standard InChI is InChI=1S/C19H18N7O5.Cu.Nb/c20-19-25-15-14(17(29)26-19)23-12(9-22-15)8-21-11-5-3-10(4-6-11)16(28)24-13(18(30)31)2-1-7-27;;/h3-6,9,13,21H,1-2,8H2,(H,24,28)(H,30,31)(H3,20,22,25,26,29);;/t13-;;/m0../s1. The first-order chi connectivity index (χ1) is 15.2. The van der Waals surface area contributed by atoms with Crippen molar-refractivity contribution in [3.63, 3.8) is 0 Å². The summed E-state index contributed by atoms with van der Waals surface area (Å²) in [7, 11) is 0. The summed E-state index contributed by atoms with van der Waals surface area (Å²) < 4.78 is -0.101. The van der Waals surface area contributed by atoms with Gasteiger partial charge in [0.15, 0.2) is 11.2 Å². The number of nitrogens with one attached hydrogen (secondary N) is 3. The zero-order valence-corrected chi connectivity index (χ0v) is 20.0. The number of H-pyrrole nitrogens is 1. The predicted octanol–water partition coefficient (Wildman–Crippen LogP) is -0.0585. The number of benzene rings is 1. The Hall–Kier alpha value is -3.09. The third-order valence-corrected chi connectivity index (χ3v) is 4.91. The Morgan fingerprint density at radius 1 is 1.18 bits per heavy atom. The monoisotopic (exact) mass is 580 g/mol. The van der Waals surface area contributed by atoms with Crippen LogP contribution in [0.1, 0.15) is 28.9 Å². The molecule has 1 amide bonds. The van der Waals surface area contributed by atoms with Crippen molar-refractivity contribution in [1.29, 1.82) is 0 Å². The Labute approximate surface area is 209 Å². The van der Waals surface area contributed by atoms with Crippen molar-refractivity contribution in [2.45, 2.75) is 25.4 Å². The van der Waals surface area contributed by atoms with E-state index in [0.717, 1.165) is 21.1 Å². The molecule has 14 heteroatoms. The second kappa shape index (κ2) is 11.7. The fraction of sp³-hybridized carbons (Fsp3) is 0.211. The molecular weight excluding hydrogens is 563 g/mol. The quantitative estimate of drug-likeness (QED) is 0.214. The summed E-state index contributed by atoms with van der Waals surface area (Å²) in [6.45, 7) is 0.256. The SMILES string of the molecule is Nc1nc2ncc(CNc3ccc(C(=O)N[C@@H](CC[C](=O)[Nb])C(=O)O)cc3)nc2c(=O)[nH]1.[Cu]. The van der Waals surface area contributed by atoms with Crippen LogP contribution >= 0.6 is 0 Å². The molecule has 3 aromatic rings. The van der Waals surface area contributed by atoms with Gasteiger partial charge in [-0.25, -0.2) is 9.97 Å². The Morgan fingerprint density at radius 2 is 1.88 bits per heavy atom. The maximum absolute atomic E-state index is 12.3. The molecule has 175 valence electrons. The van der Waals surface area contributed by atoms with Crippen LogP contribution in [0.15, 0.2) is 35.3 Å². The van der Waals surface area contributed by atoms with Crippen molar-refractivity contribution in [2.75, 3.05) is 11.1 Å². The van der Waals surface area contributed by atoms with Gasteiger partial charge in [-0.1, -0.05) is 0 Å². The van der Waals surface area contributed by atoms with E-state index < -0.39 is 23.5 Å². The van der Waals surface area contributed by atoms with Gasteiger partial charge >= 0.3 is 128 Å². The summed E-state index contributed by atoms with van der Waals surface area (Å²) >= 11 is 0.996. The van der Waals surface area contributed by atoms with E-state index in [1.807, 2.05) is 0 Å². The fourth-order valence-corrected chi connectivity index (χ4v) is 3.07. The van der Waals surface area contributed by atoms with E-state index in [-0.39, 0.29) is 63.1 Å². The van der Waals surface area contributed by atoms with E-state index in [0.29, 0.717) is 11.4 Å². The van der Waals surface area contributed by atoms with E-state index in [1.165, 1.54) is 18.3 Å². The van der Waals surface area contributed by atoms with Crippen LogP contribution in [0.3, 0.4) is 0 Å². The average molecular weight is 581 g/mol. The normalized spacial score (nSPS) is 11.3. The number of aliphatic carboxylic acids is 1. The first-order valence-corrected chi connectivity index (χ1v) is 10.4. The van der Waals surface area contributed by atoms with Crippen molar-refractivity contribution < 1.29 is 57.6 Å². The number of hydrogen-bond acceptors (Lipinski definition) is 9. The molecule has 0 saturated heterocycles. The number of fused-ring (bicyclic) bond motifs is 1. The zero-order chi connectivity index (χ0) is 23.3. The Morgan fingerprint density at radius 3 is 2.52 bits per heavy atom. The van der Waals surface area contributed by atoms with Gasteiger partial charge in [-0.05, 0) is 0 Å². The number of carboxylic acid groups (broad SMARTS) is 1. The minimum Gasteiger partial charge on any atom is -0.291 e. The molecule has 0 aliphatic rings. The van der Waals surface area contributed by atoms with Crippen LogP contribution in [-0.4, -0.2) is 47.0 Å². The summed E-state index contributed by atoms with van der Waals surface area (Å²) in [5.41, 5.74) is 6.65. The number of aromatic nitrogens is 4. The van der Waals surface area contributed by atoms with Crippen LogP contribution in [-0.2, 0) is 54.3 Å². The molecule has 0 unspecified atom stereocenters. The van der Waals surface area contributed by atoms with Crippen molar-refractivity contribution >= 4 is 38.7 Å². The van der Waals surface area contributed by atoms with Crippen molar-refractivity contribution in [3.8, 4) is 0 Å². The number of anilines is 2. The molecular formula is C19H18CuN7NbO5. The number of nitrogens with two attached hydrogens (primary N) is 1. The van der Waals surface area contributed by atoms with Gasteiger partial charge in [-0.3, -0.25) is 9.78 Å². The van der Waals surface area contributed by atoms with Crippen molar-refractivity contribution in [2.24, 2.45) is 0 Å². The molecule has 1 aromatic carbocycles. The molecule has 0 aliphatic heterocycles. The van der Waals surface area contributed by atoms with Gasteiger partial charge in [-0.2, -0.15) is 4.98 Å². The third kappa shape index (κ3) is 7.20. The summed E-state index contributed by atoms with van der Waals surface area (Å²) in [6.07, 6.45) is 1.59. The predicted molar refractivity (Wildman–Crippen MR) is 109 cm³/mol. The topological polar surface area (TPSA) is 193 Å². The van der Waals surface area contributed by atoms with Crippen LogP contribution in [0.5, 0.6) is 0 Å². The number of amides is 1. The van der Waals surface area contributed by atoms with Crippen LogP contribution < -0.4 is 21.9 Å². The summed E-state index contributed by atoms with van der Waals surface area (Å²) in [6, 6.07) is 5.22. The van der Waals surface area contributed by atoms with Gasteiger partial charge in [0.05, 0.1) is 11.9 Å². The smallest absolute Gasteiger partial charge is 0.280 e. The molecule has 0 saturated carbocycles. The molecule has 0 bridgehead atoms. The Bertz CT molecular complexity index is 1240. The average Bonchev–Trinajstić information content (AvgIpc) is 2.75. The maximum atomic E-state index is 12.3. The molecule has 2 heterocycles. The number of carboxylic acids is 1. The minimum atomic E-state index is -1.20. The number of carbonyl (C=O) groups excluding carboxylic acids is 2. The van der Waals surface area contributed by atoms with E-state index in [9.17, 15) is 24.3 Å². The summed E-state index contributed by atoms with van der Waals surface area (Å²) in [5.74, 6) is -1.79. The maximum Gasteiger partial charge on any atom is 0.280 e. The number of nitrogen functional groups attached to an aromatic ring is 1. The summed E-state index contributed by atoms with van der Waals surface area (Å²) in [5, 5.41) is 14.7. The minimum absolute atomic E-state index is 0. The molecule has 33 heavy (non-hydrogen) atoms. The molecule has 0 spiro atoms. The Kier molecular flexibility index (Phi) is 9.26. The molecule has 3 rings (SSSR count). The molecule has 1 atom stereocenters. The second-order valence-corrected chi connectivity index (χ2v) is 7.94. The molecule has 1 radical (unpaired) electrons. The molecule has 12 nitrogen and oxygen atoms in total. The van der Waals surface area contributed by atoms with Crippen LogP contribution in [0, 0.1) is 0 Å². The van der Waals surface area contributed by atoms with E-state index in [1.54, 1.807) is 12.1 Å². The third-order valence-electron chi connectivity index (χ3n) is 4.36. The number of rotatable bonds is 9. The van der Waals surface area contributed by atoms with Crippen molar-refractivity contribution in [1.82, 2.24) is 25.3 Å². The first kappa shape index (κ1) is 26.2. The number of nitrogens with zero attached hydrogens (tertiary/aromatic N) is 3. The molecule has 6 N–H and O–H groups in total. The van der Waals surface area contributed by atoms with E-state index in [2.05, 4.69) is 30.6 Å². The number of hydrogen-bond donors (Lipinski definition) is 5. The van der Waals surface area contributed by atoms with Gasteiger partial charge in [0.25, 0.3) is 5.56 Å². The Balaban J connectivity index is 0.00000385. The second-order valence-electron chi connectivity index (χ2n) is 6.71. The van der Waals surface area contributed by atoms with Gasteiger partial charge in [0.2, 0.25) is 5.95 Å². The first-order valence-electron chi connectivity index (χ1n) is 9.33. The van der Waals surface area contributed by atoms with Gasteiger partial charge in [-0.15, -0.1) is 0 Å². The number of carbonyl (C=O) groups is 3. The molecule has 0 aliphatic carbocycles.